The molecule has 0 aliphatic heterocycles. The van der Waals surface area contributed by atoms with Gasteiger partial charge in [-0.25, -0.2) is 9.97 Å². The van der Waals surface area contributed by atoms with E-state index in [-0.39, 0.29) is 0 Å². The highest BCUT2D eigenvalue weighted by Gasteiger charge is 2.26. The molecule has 0 spiro atoms. The number of fused-ring (bicyclic) bond motifs is 1. The van der Waals surface area contributed by atoms with Crippen LogP contribution >= 0.6 is 22.9 Å². The largest absolute Gasteiger partial charge is 0.368 e. The van der Waals surface area contributed by atoms with Crippen LogP contribution in [0.3, 0.4) is 0 Å². The van der Waals surface area contributed by atoms with E-state index in [4.69, 9.17) is 16.3 Å². The smallest absolute Gasteiger partial charge is 0.162 e. The number of nitrogens with zero attached hydrogens (tertiary/aromatic N) is 2. The zero-order valence-electron chi connectivity index (χ0n) is 11.3. The molecule has 0 fully saturated rings. The fourth-order valence-corrected chi connectivity index (χ4v) is 3.29. The summed E-state index contributed by atoms with van der Waals surface area (Å²) >= 11 is 7.94. The molecule has 0 bridgehead atoms. The second-order valence-electron chi connectivity index (χ2n) is 4.74. The molecule has 0 radical (unpaired) electrons. The Morgan fingerprint density at radius 3 is 2.56 bits per heavy atom. The maximum Gasteiger partial charge on any atom is 0.162 e. The number of thiophene rings is 1. The fourth-order valence-electron chi connectivity index (χ4n) is 1.90. The first-order valence-electron chi connectivity index (χ1n) is 5.94. The van der Waals surface area contributed by atoms with Gasteiger partial charge in [0.1, 0.15) is 15.6 Å². The minimum Gasteiger partial charge on any atom is -0.368 e. The normalized spacial score (nSPS) is 12.3. The molecule has 0 unspecified atom stereocenters. The quantitative estimate of drug-likeness (QED) is 0.791. The van der Waals surface area contributed by atoms with Crippen LogP contribution in [0.4, 0.5) is 0 Å². The SMILES string of the molecule is CCOC(C)(C)c1nc(Cl)c2c(C)c(C)sc2n1. The van der Waals surface area contributed by atoms with Crippen LogP contribution in [-0.4, -0.2) is 16.6 Å². The molecule has 0 atom stereocenters. The average molecular weight is 285 g/mol. The van der Waals surface area contributed by atoms with Crippen molar-refractivity contribution >= 4 is 33.2 Å². The van der Waals surface area contributed by atoms with E-state index in [1.54, 1.807) is 11.3 Å². The number of halogens is 1. The molecule has 2 aromatic heterocycles. The van der Waals surface area contributed by atoms with E-state index >= 15 is 0 Å². The Bertz CT molecular complexity index is 592. The number of ether oxygens (including phenoxy) is 1. The van der Waals surface area contributed by atoms with Gasteiger partial charge in [-0.05, 0) is 40.2 Å². The van der Waals surface area contributed by atoms with Crippen molar-refractivity contribution < 1.29 is 4.74 Å². The Labute approximate surface area is 116 Å². The Morgan fingerprint density at radius 2 is 1.94 bits per heavy atom. The van der Waals surface area contributed by atoms with E-state index < -0.39 is 5.60 Å². The van der Waals surface area contributed by atoms with Crippen LogP contribution in [0.1, 0.15) is 37.0 Å². The van der Waals surface area contributed by atoms with E-state index in [0.29, 0.717) is 17.6 Å². The van der Waals surface area contributed by atoms with Crippen molar-refractivity contribution in [1.29, 1.82) is 0 Å². The van der Waals surface area contributed by atoms with E-state index in [1.165, 1.54) is 10.4 Å². The van der Waals surface area contributed by atoms with Gasteiger partial charge in [-0.3, -0.25) is 0 Å². The predicted molar refractivity (Wildman–Crippen MR) is 76.6 cm³/mol. The Hall–Kier alpha value is -0.710. The maximum absolute atomic E-state index is 6.29. The van der Waals surface area contributed by atoms with Crippen molar-refractivity contribution in [1.82, 2.24) is 9.97 Å². The molecule has 98 valence electrons. The van der Waals surface area contributed by atoms with Gasteiger partial charge in [0.2, 0.25) is 0 Å². The lowest BCUT2D eigenvalue weighted by Crippen LogP contribution is -2.24. The molecule has 0 aliphatic carbocycles. The molecule has 3 nitrogen and oxygen atoms in total. The topological polar surface area (TPSA) is 35.0 Å². The van der Waals surface area contributed by atoms with Gasteiger partial charge in [-0.15, -0.1) is 11.3 Å². The molecule has 18 heavy (non-hydrogen) atoms. The van der Waals surface area contributed by atoms with E-state index in [0.717, 1.165) is 10.2 Å². The summed E-state index contributed by atoms with van der Waals surface area (Å²) in [6, 6.07) is 0. The monoisotopic (exact) mass is 284 g/mol. The van der Waals surface area contributed by atoms with Crippen molar-refractivity contribution in [3.63, 3.8) is 0 Å². The van der Waals surface area contributed by atoms with Crippen LogP contribution in [0.5, 0.6) is 0 Å². The summed E-state index contributed by atoms with van der Waals surface area (Å²) in [4.78, 5) is 11.2. The van der Waals surface area contributed by atoms with Crippen LogP contribution in [-0.2, 0) is 10.3 Å². The first-order valence-corrected chi connectivity index (χ1v) is 7.14. The summed E-state index contributed by atoms with van der Waals surface area (Å²) in [6.07, 6.45) is 0. The lowest BCUT2D eigenvalue weighted by atomic mass is 10.1. The molecule has 2 heterocycles. The van der Waals surface area contributed by atoms with Crippen molar-refractivity contribution in [2.45, 2.75) is 40.2 Å². The van der Waals surface area contributed by atoms with Crippen molar-refractivity contribution in [2.75, 3.05) is 6.61 Å². The minimum absolute atomic E-state index is 0.515. The van der Waals surface area contributed by atoms with E-state index in [1.807, 2.05) is 20.8 Å². The summed E-state index contributed by atoms with van der Waals surface area (Å²) in [7, 11) is 0. The molecular formula is C13H17ClN2OS. The third kappa shape index (κ3) is 2.25. The molecule has 0 aliphatic rings. The number of hydrogen-bond acceptors (Lipinski definition) is 4. The second kappa shape index (κ2) is 4.76. The summed E-state index contributed by atoms with van der Waals surface area (Å²) in [5.74, 6) is 0.642. The first kappa shape index (κ1) is 13.7. The number of aromatic nitrogens is 2. The van der Waals surface area contributed by atoms with Crippen LogP contribution in [0, 0.1) is 13.8 Å². The fraction of sp³-hybridized carbons (Fsp3) is 0.538. The molecule has 2 rings (SSSR count). The zero-order valence-corrected chi connectivity index (χ0v) is 12.9. The molecule has 0 saturated carbocycles. The lowest BCUT2D eigenvalue weighted by molar-refractivity contribution is -0.0205. The number of rotatable bonds is 3. The Kier molecular flexibility index (Phi) is 3.63. The third-order valence-electron chi connectivity index (χ3n) is 3.03. The summed E-state index contributed by atoms with van der Waals surface area (Å²) in [5.41, 5.74) is 0.652. The molecule has 2 aromatic rings. The van der Waals surface area contributed by atoms with Gasteiger partial charge in [0.15, 0.2) is 5.82 Å². The van der Waals surface area contributed by atoms with Crippen LogP contribution in [0.15, 0.2) is 0 Å². The van der Waals surface area contributed by atoms with Gasteiger partial charge >= 0.3 is 0 Å². The van der Waals surface area contributed by atoms with Gasteiger partial charge < -0.3 is 4.74 Å². The Balaban J connectivity index is 2.63. The summed E-state index contributed by atoms with van der Waals surface area (Å²) in [6.45, 7) is 10.6. The molecule has 0 saturated heterocycles. The maximum atomic E-state index is 6.29. The van der Waals surface area contributed by atoms with Gasteiger partial charge in [-0.1, -0.05) is 11.6 Å². The molecule has 0 amide bonds. The van der Waals surface area contributed by atoms with Gasteiger partial charge in [-0.2, -0.15) is 0 Å². The van der Waals surface area contributed by atoms with E-state index in [2.05, 4.69) is 23.8 Å². The average Bonchev–Trinajstić information content (AvgIpc) is 2.55. The molecule has 5 heteroatoms. The highest BCUT2D eigenvalue weighted by atomic mass is 35.5. The number of hydrogen-bond donors (Lipinski definition) is 0. The zero-order chi connectivity index (χ0) is 13.5. The second-order valence-corrected chi connectivity index (χ2v) is 6.31. The minimum atomic E-state index is -0.515. The molecule has 0 N–H and O–H groups in total. The van der Waals surface area contributed by atoms with Gasteiger partial charge in [0.25, 0.3) is 0 Å². The third-order valence-corrected chi connectivity index (χ3v) is 4.40. The van der Waals surface area contributed by atoms with Crippen LogP contribution in [0.2, 0.25) is 5.15 Å². The summed E-state index contributed by atoms with van der Waals surface area (Å²) in [5, 5.41) is 1.49. The van der Waals surface area contributed by atoms with Crippen molar-refractivity contribution in [3.05, 3.63) is 21.4 Å². The van der Waals surface area contributed by atoms with Crippen molar-refractivity contribution in [2.24, 2.45) is 0 Å². The Morgan fingerprint density at radius 1 is 1.28 bits per heavy atom. The highest BCUT2D eigenvalue weighted by Crippen LogP contribution is 2.35. The van der Waals surface area contributed by atoms with Crippen molar-refractivity contribution in [3.8, 4) is 0 Å². The van der Waals surface area contributed by atoms with Crippen LogP contribution < -0.4 is 0 Å². The molecular weight excluding hydrogens is 268 g/mol. The van der Waals surface area contributed by atoms with E-state index in [9.17, 15) is 0 Å². The van der Waals surface area contributed by atoms with Crippen LogP contribution in [0.25, 0.3) is 10.2 Å². The molecule has 0 aromatic carbocycles. The standard InChI is InChI=1S/C13H17ClN2OS/c1-6-17-13(4,5)12-15-10(14)9-7(2)8(3)18-11(9)16-12/h6H2,1-5H3. The van der Waals surface area contributed by atoms with Gasteiger partial charge in [0, 0.05) is 11.5 Å². The lowest BCUT2D eigenvalue weighted by Gasteiger charge is -2.22. The summed E-state index contributed by atoms with van der Waals surface area (Å²) < 4.78 is 5.68. The highest BCUT2D eigenvalue weighted by molar-refractivity contribution is 7.18. The predicted octanol–water partition coefficient (Wildman–Crippen LogP) is 4.23. The number of aryl methyl sites for hydroxylation is 2. The first-order chi connectivity index (χ1) is 8.36. The van der Waals surface area contributed by atoms with Gasteiger partial charge in [0.05, 0.1) is 5.39 Å².